The van der Waals surface area contributed by atoms with Gasteiger partial charge in [0.25, 0.3) is 0 Å². The summed E-state index contributed by atoms with van der Waals surface area (Å²) in [4.78, 5) is 11.8. The second-order valence-electron chi connectivity index (χ2n) is 6.72. The maximum absolute atomic E-state index is 13.5. The molecule has 1 aliphatic rings. The van der Waals surface area contributed by atoms with Crippen LogP contribution in [0.3, 0.4) is 0 Å². The minimum Gasteiger partial charge on any atom is -0.480 e. The van der Waals surface area contributed by atoms with Gasteiger partial charge in [-0.2, -0.15) is 0 Å². The van der Waals surface area contributed by atoms with Crippen LogP contribution >= 0.6 is 0 Å². The van der Waals surface area contributed by atoms with Crippen LogP contribution < -0.4 is 5.32 Å². The van der Waals surface area contributed by atoms with Crippen molar-refractivity contribution in [2.75, 3.05) is 5.32 Å². The van der Waals surface area contributed by atoms with Crippen LogP contribution in [-0.4, -0.2) is 16.6 Å². The monoisotopic (exact) mass is 279 g/mol. The summed E-state index contributed by atoms with van der Waals surface area (Å²) >= 11 is 0. The molecular formula is C16H22FNO2. The van der Waals surface area contributed by atoms with E-state index in [0.29, 0.717) is 18.5 Å². The Morgan fingerprint density at radius 3 is 2.55 bits per heavy atom. The van der Waals surface area contributed by atoms with Gasteiger partial charge in [0, 0.05) is 5.69 Å². The number of carboxylic acid groups (broad SMARTS) is 1. The fourth-order valence-electron chi connectivity index (χ4n) is 3.29. The Kier molecular flexibility index (Phi) is 3.76. The Morgan fingerprint density at radius 1 is 1.30 bits per heavy atom. The molecule has 2 N–H and O–H groups in total. The van der Waals surface area contributed by atoms with Gasteiger partial charge in [0.05, 0.1) is 0 Å². The van der Waals surface area contributed by atoms with Crippen LogP contribution in [0.2, 0.25) is 0 Å². The molecule has 0 spiro atoms. The molecule has 20 heavy (non-hydrogen) atoms. The van der Waals surface area contributed by atoms with E-state index < -0.39 is 11.5 Å². The highest BCUT2D eigenvalue weighted by molar-refractivity contribution is 5.83. The highest BCUT2D eigenvalue weighted by Crippen LogP contribution is 2.42. The first-order chi connectivity index (χ1) is 9.22. The predicted octanol–water partition coefficient (Wildman–Crippen LogP) is 3.97. The molecular weight excluding hydrogens is 257 g/mol. The smallest absolute Gasteiger partial charge is 0.329 e. The molecule has 1 atom stereocenters. The number of hydrogen-bond acceptors (Lipinski definition) is 2. The van der Waals surface area contributed by atoms with Gasteiger partial charge in [0.2, 0.25) is 0 Å². The normalized spacial score (nSPS) is 25.2. The summed E-state index contributed by atoms with van der Waals surface area (Å²) in [5.41, 5.74) is 0.305. The van der Waals surface area contributed by atoms with Crippen molar-refractivity contribution in [3.63, 3.8) is 0 Å². The lowest BCUT2D eigenvalue weighted by atomic mass is 9.68. The highest BCUT2D eigenvalue weighted by Gasteiger charge is 2.45. The number of benzene rings is 1. The summed E-state index contributed by atoms with van der Waals surface area (Å²) in [6, 6.07) is 4.58. The van der Waals surface area contributed by atoms with Crippen molar-refractivity contribution >= 4 is 11.7 Å². The summed E-state index contributed by atoms with van der Waals surface area (Å²) in [6.45, 7) is 5.97. The van der Waals surface area contributed by atoms with Gasteiger partial charge in [-0.3, -0.25) is 0 Å². The third-order valence-electron chi connectivity index (χ3n) is 4.07. The molecule has 1 unspecified atom stereocenters. The first-order valence-corrected chi connectivity index (χ1v) is 7.01. The predicted molar refractivity (Wildman–Crippen MR) is 77.4 cm³/mol. The summed E-state index contributed by atoms with van der Waals surface area (Å²) in [5, 5.41) is 12.8. The van der Waals surface area contributed by atoms with E-state index in [2.05, 4.69) is 19.2 Å². The molecule has 110 valence electrons. The molecule has 0 aliphatic heterocycles. The first kappa shape index (κ1) is 14.8. The van der Waals surface area contributed by atoms with E-state index in [-0.39, 0.29) is 11.2 Å². The fourth-order valence-corrected chi connectivity index (χ4v) is 3.29. The topological polar surface area (TPSA) is 49.3 Å². The summed E-state index contributed by atoms with van der Waals surface area (Å²) < 4.78 is 13.5. The lowest BCUT2D eigenvalue weighted by Gasteiger charge is -2.43. The number of aryl methyl sites for hydroxylation is 1. The molecule has 0 amide bonds. The van der Waals surface area contributed by atoms with Gasteiger partial charge in [-0.05, 0) is 61.8 Å². The largest absolute Gasteiger partial charge is 0.480 e. The molecule has 4 heteroatoms. The van der Waals surface area contributed by atoms with E-state index in [1.54, 1.807) is 13.0 Å². The van der Waals surface area contributed by atoms with E-state index in [0.717, 1.165) is 18.4 Å². The molecule has 2 rings (SSSR count). The Labute approximate surface area is 119 Å². The molecule has 1 aliphatic carbocycles. The molecule has 0 bridgehead atoms. The number of rotatable bonds is 3. The molecule has 0 aromatic heterocycles. The molecule has 0 radical (unpaired) electrons. The summed E-state index contributed by atoms with van der Waals surface area (Å²) in [7, 11) is 0. The van der Waals surface area contributed by atoms with Crippen LogP contribution in [-0.2, 0) is 4.79 Å². The third-order valence-corrected chi connectivity index (χ3v) is 4.07. The second-order valence-corrected chi connectivity index (χ2v) is 6.72. The van der Waals surface area contributed by atoms with Crippen LogP contribution in [0.4, 0.5) is 10.1 Å². The van der Waals surface area contributed by atoms with Gasteiger partial charge in [0.1, 0.15) is 11.4 Å². The van der Waals surface area contributed by atoms with Crippen LogP contribution in [0.15, 0.2) is 18.2 Å². The first-order valence-electron chi connectivity index (χ1n) is 7.01. The maximum atomic E-state index is 13.5. The molecule has 1 fully saturated rings. The number of carboxylic acids is 1. The third kappa shape index (κ3) is 3.11. The van der Waals surface area contributed by atoms with Gasteiger partial charge in [0.15, 0.2) is 0 Å². The number of nitrogens with one attached hydrogen (secondary N) is 1. The molecule has 0 saturated heterocycles. The van der Waals surface area contributed by atoms with Crippen molar-refractivity contribution in [2.45, 2.75) is 52.0 Å². The second kappa shape index (κ2) is 5.08. The average molecular weight is 279 g/mol. The van der Waals surface area contributed by atoms with Gasteiger partial charge in [-0.1, -0.05) is 13.8 Å². The average Bonchev–Trinajstić information content (AvgIpc) is 2.25. The van der Waals surface area contributed by atoms with Crippen LogP contribution in [0.1, 0.15) is 45.1 Å². The standard InChI is InChI=1S/C16H22FNO2/c1-11-7-12(17)9-13(8-11)18-16(14(19)20)6-4-5-15(2,3)10-16/h7-9,18H,4-6,10H2,1-3H3,(H,19,20). The molecule has 1 saturated carbocycles. The number of anilines is 1. The number of aliphatic carboxylic acids is 1. The molecule has 1 aromatic rings. The number of halogens is 1. The van der Waals surface area contributed by atoms with Crippen molar-refractivity contribution in [3.8, 4) is 0 Å². The van der Waals surface area contributed by atoms with E-state index >= 15 is 0 Å². The molecule has 0 heterocycles. The summed E-state index contributed by atoms with van der Waals surface area (Å²) in [5.74, 6) is -1.20. The zero-order valence-electron chi connectivity index (χ0n) is 12.3. The molecule has 3 nitrogen and oxygen atoms in total. The SMILES string of the molecule is Cc1cc(F)cc(NC2(C(=O)O)CCCC(C)(C)C2)c1. The van der Waals surface area contributed by atoms with Crippen molar-refractivity contribution in [3.05, 3.63) is 29.6 Å². The quantitative estimate of drug-likeness (QED) is 0.880. The lowest BCUT2D eigenvalue weighted by molar-refractivity contribution is -0.145. The van der Waals surface area contributed by atoms with Gasteiger partial charge < -0.3 is 10.4 Å². The van der Waals surface area contributed by atoms with Crippen molar-refractivity contribution in [1.82, 2.24) is 0 Å². The van der Waals surface area contributed by atoms with Crippen LogP contribution in [0, 0.1) is 18.2 Å². The Hall–Kier alpha value is -1.58. The van der Waals surface area contributed by atoms with Crippen LogP contribution in [0.25, 0.3) is 0 Å². The maximum Gasteiger partial charge on any atom is 0.329 e. The summed E-state index contributed by atoms with van der Waals surface area (Å²) in [6.07, 6.45) is 3.00. The lowest BCUT2D eigenvalue weighted by Crippen LogP contribution is -2.51. The number of carbonyl (C=O) groups is 1. The minimum atomic E-state index is -0.998. The van der Waals surface area contributed by atoms with Gasteiger partial charge in [-0.25, -0.2) is 9.18 Å². The zero-order valence-corrected chi connectivity index (χ0v) is 12.3. The van der Waals surface area contributed by atoms with Crippen LogP contribution in [0.5, 0.6) is 0 Å². The zero-order chi connectivity index (χ0) is 15.0. The molecule has 1 aromatic carbocycles. The van der Waals surface area contributed by atoms with E-state index in [4.69, 9.17) is 0 Å². The van der Waals surface area contributed by atoms with Gasteiger partial charge in [-0.15, -0.1) is 0 Å². The Balaban J connectivity index is 2.32. The number of hydrogen-bond donors (Lipinski definition) is 2. The van der Waals surface area contributed by atoms with E-state index in [1.807, 2.05) is 0 Å². The van der Waals surface area contributed by atoms with Gasteiger partial charge >= 0.3 is 5.97 Å². The van der Waals surface area contributed by atoms with Crippen molar-refractivity contribution in [2.24, 2.45) is 5.41 Å². The Morgan fingerprint density at radius 2 is 2.00 bits per heavy atom. The van der Waals surface area contributed by atoms with Crippen molar-refractivity contribution < 1.29 is 14.3 Å². The minimum absolute atomic E-state index is 0.0218. The van der Waals surface area contributed by atoms with E-state index in [1.165, 1.54) is 12.1 Å². The Bertz CT molecular complexity index is 507. The van der Waals surface area contributed by atoms with E-state index in [9.17, 15) is 14.3 Å². The van der Waals surface area contributed by atoms with Crippen molar-refractivity contribution in [1.29, 1.82) is 0 Å². The fraction of sp³-hybridized carbons (Fsp3) is 0.562. The highest BCUT2D eigenvalue weighted by atomic mass is 19.1.